The van der Waals surface area contributed by atoms with Crippen LogP contribution in [0.2, 0.25) is 5.02 Å². The number of amides is 2. The second-order valence-corrected chi connectivity index (χ2v) is 14.1. The number of benzene rings is 3. The Kier molecular flexibility index (Phi) is 7.32. The van der Waals surface area contributed by atoms with E-state index in [2.05, 4.69) is 41.3 Å². The number of para-hydroxylation sites is 2. The number of rotatable bonds is 4. The normalized spacial score (nSPS) is 16.7. The molecule has 2 amide bonds. The van der Waals surface area contributed by atoms with Gasteiger partial charge < -0.3 is 20.2 Å². The van der Waals surface area contributed by atoms with Crippen molar-refractivity contribution in [1.29, 1.82) is 0 Å². The van der Waals surface area contributed by atoms with Crippen molar-refractivity contribution in [3.63, 3.8) is 0 Å². The maximum Gasteiger partial charge on any atom is 0.325 e. The number of fused-ring (bicyclic) bond motifs is 3. The van der Waals surface area contributed by atoms with E-state index in [-0.39, 0.29) is 10.8 Å². The lowest BCUT2D eigenvalue weighted by Crippen LogP contribution is -2.47. The molecule has 0 saturated carbocycles. The Balaban J connectivity index is 1.30. The quantitative estimate of drug-likeness (QED) is 0.217. The lowest BCUT2D eigenvalue weighted by atomic mass is 9.74. The van der Waals surface area contributed by atoms with E-state index in [0.29, 0.717) is 33.8 Å². The van der Waals surface area contributed by atoms with E-state index in [1.807, 2.05) is 48.2 Å². The number of anilines is 4. The molecule has 1 saturated heterocycles. The summed E-state index contributed by atoms with van der Waals surface area (Å²) in [5.74, 6) is -1.19. The Morgan fingerprint density at radius 3 is 2.62 bits per heavy atom. The van der Waals surface area contributed by atoms with Crippen LogP contribution in [0.25, 0.3) is 10.2 Å². The molecule has 1 spiro atoms. The van der Waals surface area contributed by atoms with E-state index in [9.17, 15) is 14.3 Å². The number of phenolic OH excluding ortho intramolecular Hbond substituents is 1. The minimum atomic E-state index is -0.764. The second kappa shape index (κ2) is 10.7. The molecule has 3 N–H and O–H groups in total. The molecular formula is C32H35ClFN5O2S. The molecule has 0 unspecified atom stereocenters. The van der Waals surface area contributed by atoms with Crippen LogP contribution >= 0.6 is 22.9 Å². The average Bonchev–Trinajstić information content (AvgIpc) is 3.46. The predicted octanol–water partition coefficient (Wildman–Crippen LogP) is 8.28. The molecule has 4 aromatic rings. The highest BCUT2D eigenvalue weighted by atomic mass is 35.5. The zero-order valence-corrected chi connectivity index (χ0v) is 25.8. The highest BCUT2D eigenvalue weighted by Gasteiger charge is 2.49. The molecule has 7 nitrogen and oxygen atoms in total. The van der Waals surface area contributed by atoms with Crippen LogP contribution in [0, 0.1) is 18.2 Å². The first-order valence-corrected chi connectivity index (χ1v) is 15.4. The van der Waals surface area contributed by atoms with Gasteiger partial charge in [0.25, 0.3) is 0 Å². The lowest BCUT2D eigenvalue weighted by Gasteiger charge is -2.42. The summed E-state index contributed by atoms with van der Waals surface area (Å²) in [6.45, 7) is 12.0. The number of nitrogens with one attached hydrogen (secondary N) is 2. The molecular weight excluding hydrogens is 573 g/mol. The summed E-state index contributed by atoms with van der Waals surface area (Å²) in [4.78, 5) is 22.1. The molecule has 6 rings (SSSR count). The number of aryl methyl sites for hydroxylation is 1. The second-order valence-electron chi connectivity index (χ2n) is 12.7. The molecule has 0 radical (unpaired) electrons. The number of hydrogen-bond donors (Lipinski definition) is 3. The van der Waals surface area contributed by atoms with Crippen molar-refractivity contribution in [3.05, 3.63) is 70.5 Å². The fraction of sp³-hybridized carbons (Fsp3) is 0.375. The number of aromatic hydroxyl groups is 1. The Morgan fingerprint density at radius 2 is 1.88 bits per heavy atom. The van der Waals surface area contributed by atoms with Gasteiger partial charge in [0.05, 0.1) is 27.3 Å². The Bertz CT molecular complexity index is 1680. The lowest BCUT2D eigenvalue weighted by molar-refractivity contribution is 0.125. The molecule has 0 aliphatic carbocycles. The zero-order chi connectivity index (χ0) is 29.8. The molecule has 3 aromatic carbocycles. The highest BCUT2D eigenvalue weighted by Crippen LogP contribution is 2.57. The van der Waals surface area contributed by atoms with Crippen molar-refractivity contribution in [2.75, 3.05) is 41.7 Å². The van der Waals surface area contributed by atoms with Gasteiger partial charge in [0.1, 0.15) is 0 Å². The van der Waals surface area contributed by atoms with Gasteiger partial charge in [-0.15, -0.1) is 0 Å². The van der Waals surface area contributed by atoms with Crippen molar-refractivity contribution in [1.82, 2.24) is 9.88 Å². The minimum Gasteiger partial charge on any atom is -0.503 e. The Hall–Kier alpha value is -3.40. The first-order valence-electron chi connectivity index (χ1n) is 14.2. The van der Waals surface area contributed by atoms with Crippen LogP contribution < -0.4 is 15.5 Å². The minimum absolute atomic E-state index is 0.179. The van der Waals surface area contributed by atoms with E-state index < -0.39 is 17.6 Å². The number of halogens is 2. The van der Waals surface area contributed by atoms with Crippen molar-refractivity contribution in [3.8, 4) is 5.75 Å². The molecule has 10 heteroatoms. The monoisotopic (exact) mass is 607 g/mol. The van der Waals surface area contributed by atoms with E-state index in [4.69, 9.17) is 11.6 Å². The van der Waals surface area contributed by atoms with Crippen LogP contribution in [0.4, 0.5) is 31.4 Å². The first kappa shape index (κ1) is 28.7. The third-order valence-corrected chi connectivity index (χ3v) is 9.39. The van der Waals surface area contributed by atoms with Crippen LogP contribution in [0.1, 0.15) is 44.7 Å². The average molecular weight is 608 g/mol. The zero-order valence-electron chi connectivity index (χ0n) is 24.2. The number of aromatic nitrogens is 1. The predicted molar refractivity (Wildman–Crippen MR) is 170 cm³/mol. The SMILES string of the molecule is Cc1ccc2nc(NC(=O)Nc3ccccc3N3CC4(CCN(CC(C)(C)C)CC4)c4c(Cl)cc(F)c(O)c43)sc2c1. The molecule has 0 bridgehead atoms. The van der Waals surface area contributed by atoms with Crippen molar-refractivity contribution < 1.29 is 14.3 Å². The Labute approximate surface area is 254 Å². The Morgan fingerprint density at radius 1 is 1.14 bits per heavy atom. The number of phenols is 1. The van der Waals surface area contributed by atoms with Gasteiger partial charge in [0.15, 0.2) is 16.7 Å². The van der Waals surface area contributed by atoms with Gasteiger partial charge in [-0.3, -0.25) is 5.32 Å². The summed E-state index contributed by atoms with van der Waals surface area (Å²) in [5, 5.41) is 17.7. The first-order chi connectivity index (χ1) is 19.9. The maximum atomic E-state index is 14.9. The number of carbonyl (C=O) groups excluding carboxylic acids is 1. The topological polar surface area (TPSA) is 80.7 Å². The van der Waals surface area contributed by atoms with Crippen molar-refractivity contribution in [2.24, 2.45) is 5.41 Å². The number of nitrogens with zero attached hydrogens (tertiary/aromatic N) is 3. The van der Waals surface area contributed by atoms with Gasteiger partial charge in [0.2, 0.25) is 0 Å². The number of hydrogen-bond acceptors (Lipinski definition) is 6. The summed E-state index contributed by atoms with van der Waals surface area (Å²) in [7, 11) is 0. The number of urea groups is 1. The maximum absolute atomic E-state index is 14.9. The fourth-order valence-corrected chi connectivity index (χ4v) is 7.74. The van der Waals surface area contributed by atoms with Gasteiger partial charge >= 0.3 is 6.03 Å². The molecule has 220 valence electrons. The van der Waals surface area contributed by atoms with E-state index in [1.54, 1.807) is 6.07 Å². The van der Waals surface area contributed by atoms with Gasteiger partial charge in [0, 0.05) is 29.1 Å². The number of thiazole rings is 1. The smallest absolute Gasteiger partial charge is 0.325 e. The van der Waals surface area contributed by atoms with E-state index in [1.165, 1.54) is 17.4 Å². The molecule has 3 heterocycles. The third kappa shape index (κ3) is 5.41. The molecule has 2 aliphatic rings. The summed E-state index contributed by atoms with van der Waals surface area (Å²) in [6, 6.07) is 14.1. The van der Waals surface area contributed by atoms with Gasteiger partial charge in [-0.2, -0.15) is 0 Å². The summed E-state index contributed by atoms with van der Waals surface area (Å²) in [6.07, 6.45) is 1.65. The third-order valence-electron chi connectivity index (χ3n) is 8.16. The fourth-order valence-electron chi connectivity index (χ4n) is 6.40. The molecule has 0 atom stereocenters. The van der Waals surface area contributed by atoms with E-state index >= 15 is 0 Å². The summed E-state index contributed by atoms with van der Waals surface area (Å²) >= 11 is 8.15. The molecule has 1 fully saturated rings. The van der Waals surface area contributed by atoms with Crippen LogP contribution in [0.3, 0.4) is 0 Å². The number of carbonyl (C=O) groups is 1. The summed E-state index contributed by atoms with van der Waals surface area (Å²) in [5.41, 5.74) is 4.10. The molecule has 42 heavy (non-hydrogen) atoms. The number of likely N-dealkylation sites (tertiary alicyclic amines) is 1. The van der Waals surface area contributed by atoms with E-state index in [0.717, 1.165) is 53.8 Å². The molecule has 1 aromatic heterocycles. The van der Waals surface area contributed by atoms with Gasteiger partial charge in [-0.1, -0.05) is 61.9 Å². The van der Waals surface area contributed by atoms with Crippen LogP contribution in [0.15, 0.2) is 48.5 Å². The van der Waals surface area contributed by atoms with Crippen LogP contribution in [0.5, 0.6) is 5.75 Å². The van der Waals surface area contributed by atoms with Gasteiger partial charge in [-0.25, -0.2) is 14.2 Å². The van der Waals surface area contributed by atoms with Crippen LogP contribution in [-0.2, 0) is 5.41 Å². The number of piperidine rings is 1. The highest BCUT2D eigenvalue weighted by molar-refractivity contribution is 7.22. The molecule has 2 aliphatic heterocycles. The van der Waals surface area contributed by atoms with Gasteiger partial charge in [-0.05, 0) is 74.2 Å². The van der Waals surface area contributed by atoms with Crippen molar-refractivity contribution >= 4 is 61.4 Å². The van der Waals surface area contributed by atoms with Crippen molar-refractivity contribution in [2.45, 2.75) is 46.0 Å². The summed E-state index contributed by atoms with van der Waals surface area (Å²) < 4.78 is 15.9. The van der Waals surface area contributed by atoms with Crippen LogP contribution in [-0.4, -0.2) is 47.2 Å². The standard InChI is InChI=1S/C32H35ClFN5O2S/c1-19-9-10-23-25(15-19)42-30(36-23)37-29(41)35-22-7-5-6-8-24(22)39-18-32(11-13-38(14-12-32)17-31(2,3)4)26-20(33)16-21(34)28(40)27(26)39/h5-10,15-16,40H,11-14,17-18H2,1-4H3,(H2,35,36,37,41). The largest absolute Gasteiger partial charge is 0.503 e.